The number of hydrogen-bond donors (Lipinski definition) is 0. The van der Waals surface area contributed by atoms with Crippen LogP contribution in [-0.4, -0.2) is 26.2 Å². The molecule has 4 rings (SSSR count). The van der Waals surface area contributed by atoms with Gasteiger partial charge in [0.05, 0.1) is 25.7 Å². The van der Waals surface area contributed by atoms with Crippen molar-refractivity contribution in [1.82, 2.24) is 0 Å². The maximum atomic E-state index is 12.7. The molecule has 1 unspecified atom stereocenters. The summed E-state index contributed by atoms with van der Waals surface area (Å²) in [5, 5.41) is 0. The second-order valence-corrected chi connectivity index (χ2v) is 8.92. The molecular weight excluding hydrogens is 388 g/mol. The van der Waals surface area contributed by atoms with Gasteiger partial charge in [-0.15, -0.1) is 0 Å². The van der Waals surface area contributed by atoms with Gasteiger partial charge in [-0.1, -0.05) is 24.3 Å². The minimum atomic E-state index is -0.336. The maximum Gasteiger partial charge on any atom is 0.338 e. The number of aryl methyl sites for hydroxylation is 4. The molecule has 0 bridgehead atoms. The first-order valence-corrected chi connectivity index (χ1v) is 11.5. The molecule has 2 aliphatic rings. The molecule has 0 aromatic heterocycles. The van der Waals surface area contributed by atoms with Gasteiger partial charge in [0.25, 0.3) is 0 Å². The molecule has 0 radical (unpaired) electrons. The molecule has 0 aliphatic heterocycles. The van der Waals surface area contributed by atoms with Crippen LogP contribution in [0.25, 0.3) is 0 Å². The van der Waals surface area contributed by atoms with Crippen molar-refractivity contribution in [2.75, 3.05) is 14.2 Å². The van der Waals surface area contributed by atoms with E-state index in [1.165, 1.54) is 55.7 Å². The fourth-order valence-corrected chi connectivity index (χ4v) is 5.17. The van der Waals surface area contributed by atoms with Crippen molar-refractivity contribution in [3.05, 3.63) is 69.3 Å². The molecule has 4 heteroatoms. The summed E-state index contributed by atoms with van der Waals surface area (Å²) in [4.78, 5) is 25.2. The van der Waals surface area contributed by atoms with Crippen LogP contribution in [0.4, 0.5) is 0 Å². The zero-order valence-electron chi connectivity index (χ0n) is 18.7. The molecule has 2 aliphatic carbocycles. The SMILES string of the molecule is COC(=O)c1cc2c(cc1CC(Cc1ccc3c(c1)CCCC3)C(=O)OC)CCCC2. The third kappa shape index (κ3) is 4.84. The first-order chi connectivity index (χ1) is 15.1. The van der Waals surface area contributed by atoms with Crippen molar-refractivity contribution in [3.8, 4) is 0 Å². The molecule has 0 heterocycles. The second-order valence-electron chi connectivity index (χ2n) is 8.92. The highest BCUT2D eigenvalue weighted by atomic mass is 16.5. The van der Waals surface area contributed by atoms with E-state index in [4.69, 9.17) is 9.47 Å². The van der Waals surface area contributed by atoms with Crippen molar-refractivity contribution in [3.63, 3.8) is 0 Å². The quantitative estimate of drug-likeness (QED) is 0.630. The summed E-state index contributed by atoms with van der Waals surface area (Å²) in [6, 6.07) is 10.7. The monoisotopic (exact) mass is 420 g/mol. The highest BCUT2D eigenvalue weighted by Gasteiger charge is 2.25. The number of benzene rings is 2. The number of fused-ring (bicyclic) bond motifs is 2. The van der Waals surface area contributed by atoms with Crippen molar-refractivity contribution in [2.24, 2.45) is 5.92 Å². The highest BCUT2D eigenvalue weighted by Crippen LogP contribution is 2.29. The summed E-state index contributed by atoms with van der Waals surface area (Å²) in [6.45, 7) is 0. The number of carbonyl (C=O) groups excluding carboxylic acids is 2. The van der Waals surface area contributed by atoms with Crippen LogP contribution in [0.15, 0.2) is 30.3 Å². The molecule has 0 N–H and O–H groups in total. The van der Waals surface area contributed by atoms with Crippen LogP contribution >= 0.6 is 0 Å². The Balaban J connectivity index is 1.63. The standard InChI is InChI=1S/C27H32O4/c1-30-26(28)24(14-18-11-12-19-7-3-4-8-20(19)13-18)16-23-15-21-9-5-6-10-22(21)17-25(23)27(29)31-2/h11-13,15,17,24H,3-10,14,16H2,1-2H3. The second kappa shape index (κ2) is 9.67. The van der Waals surface area contributed by atoms with E-state index in [0.29, 0.717) is 18.4 Å². The maximum absolute atomic E-state index is 12.7. The molecule has 0 spiro atoms. The molecule has 2 aromatic rings. The number of hydrogen-bond acceptors (Lipinski definition) is 4. The normalized spacial score (nSPS) is 16.1. The zero-order valence-corrected chi connectivity index (χ0v) is 18.7. The van der Waals surface area contributed by atoms with Crippen molar-refractivity contribution >= 4 is 11.9 Å². The average Bonchev–Trinajstić information content (AvgIpc) is 2.82. The number of esters is 2. The predicted octanol–water partition coefficient (Wildman–Crippen LogP) is 4.81. The Hall–Kier alpha value is -2.62. The first-order valence-electron chi connectivity index (χ1n) is 11.5. The minimum absolute atomic E-state index is 0.230. The van der Waals surface area contributed by atoms with Crippen LogP contribution in [0, 0.1) is 5.92 Å². The zero-order chi connectivity index (χ0) is 21.8. The lowest BCUT2D eigenvalue weighted by Crippen LogP contribution is -2.23. The van der Waals surface area contributed by atoms with E-state index in [1.54, 1.807) is 0 Å². The Morgan fingerprint density at radius 2 is 1.39 bits per heavy atom. The van der Waals surface area contributed by atoms with Crippen molar-refractivity contribution in [1.29, 1.82) is 0 Å². The van der Waals surface area contributed by atoms with Gasteiger partial charge in [0.2, 0.25) is 0 Å². The summed E-state index contributed by atoms with van der Waals surface area (Å²) >= 11 is 0. The van der Waals surface area contributed by atoms with Gasteiger partial charge in [0.15, 0.2) is 0 Å². The van der Waals surface area contributed by atoms with Gasteiger partial charge in [0, 0.05) is 0 Å². The van der Waals surface area contributed by atoms with Gasteiger partial charge in [-0.3, -0.25) is 4.79 Å². The number of ether oxygens (including phenoxy) is 2. The minimum Gasteiger partial charge on any atom is -0.469 e. The van der Waals surface area contributed by atoms with Gasteiger partial charge in [-0.25, -0.2) is 4.79 Å². The van der Waals surface area contributed by atoms with Gasteiger partial charge in [-0.05, 0) is 104 Å². The van der Waals surface area contributed by atoms with E-state index in [-0.39, 0.29) is 17.9 Å². The molecule has 0 saturated carbocycles. The van der Waals surface area contributed by atoms with E-state index in [0.717, 1.165) is 43.2 Å². The third-order valence-corrected chi connectivity index (χ3v) is 6.87. The lowest BCUT2D eigenvalue weighted by atomic mass is 9.83. The van der Waals surface area contributed by atoms with Crippen molar-refractivity contribution < 1.29 is 19.1 Å². The fraction of sp³-hybridized carbons (Fsp3) is 0.481. The number of methoxy groups -OCH3 is 2. The molecule has 164 valence electrons. The molecule has 0 saturated heterocycles. The number of carbonyl (C=O) groups is 2. The Labute approximate surface area is 185 Å². The molecule has 2 aromatic carbocycles. The van der Waals surface area contributed by atoms with E-state index in [1.807, 2.05) is 6.07 Å². The fourth-order valence-electron chi connectivity index (χ4n) is 5.17. The third-order valence-electron chi connectivity index (χ3n) is 6.87. The van der Waals surface area contributed by atoms with Crippen molar-refractivity contribution in [2.45, 2.75) is 64.2 Å². The Kier molecular flexibility index (Phi) is 6.74. The number of rotatable bonds is 6. The van der Waals surface area contributed by atoms with Crippen LogP contribution in [-0.2, 0) is 52.8 Å². The molecule has 1 atom stereocenters. The largest absolute Gasteiger partial charge is 0.469 e. The van der Waals surface area contributed by atoms with Crippen LogP contribution in [0.5, 0.6) is 0 Å². The van der Waals surface area contributed by atoms with Crippen LogP contribution in [0.3, 0.4) is 0 Å². The van der Waals surface area contributed by atoms with Gasteiger partial charge >= 0.3 is 11.9 Å². The average molecular weight is 421 g/mol. The molecule has 0 fully saturated rings. The lowest BCUT2D eigenvalue weighted by molar-refractivity contribution is -0.145. The lowest BCUT2D eigenvalue weighted by Gasteiger charge is -2.22. The van der Waals surface area contributed by atoms with Crippen LogP contribution in [0.2, 0.25) is 0 Å². The van der Waals surface area contributed by atoms with Crippen LogP contribution < -0.4 is 0 Å². The first kappa shape index (κ1) is 21.6. The summed E-state index contributed by atoms with van der Waals surface area (Å²) < 4.78 is 10.2. The molecule has 31 heavy (non-hydrogen) atoms. The smallest absolute Gasteiger partial charge is 0.338 e. The van der Waals surface area contributed by atoms with Gasteiger partial charge in [-0.2, -0.15) is 0 Å². The summed E-state index contributed by atoms with van der Waals surface area (Å²) in [6.07, 6.45) is 10.2. The molecule has 4 nitrogen and oxygen atoms in total. The Morgan fingerprint density at radius 1 is 0.774 bits per heavy atom. The molecular formula is C27H32O4. The van der Waals surface area contributed by atoms with E-state index >= 15 is 0 Å². The van der Waals surface area contributed by atoms with Gasteiger partial charge in [0.1, 0.15) is 0 Å². The van der Waals surface area contributed by atoms with Crippen LogP contribution in [0.1, 0.15) is 69.4 Å². The summed E-state index contributed by atoms with van der Waals surface area (Å²) in [5.74, 6) is -0.899. The van der Waals surface area contributed by atoms with E-state index < -0.39 is 0 Å². The Morgan fingerprint density at radius 3 is 2.03 bits per heavy atom. The summed E-state index contributed by atoms with van der Waals surface area (Å²) in [5.41, 5.74) is 8.02. The Bertz CT molecular complexity index is 975. The predicted molar refractivity (Wildman–Crippen MR) is 120 cm³/mol. The molecule has 0 amide bonds. The van der Waals surface area contributed by atoms with E-state index in [9.17, 15) is 9.59 Å². The summed E-state index contributed by atoms with van der Waals surface area (Å²) in [7, 11) is 2.85. The highest BCUT2D eigenvalue weighted by molar-refractivity contribution is 5.91. The van der Waals surface area contributed by atoms with E-state index in [2.05, 4.69) is 24.3 Å². The topological polar surface area (TPSA) is 52.6 Å². The van der Waals surface area contributed by atoms with Gasteiger partial charge < -0.3 is 9.47 Å².